The molecule has 0 aromatic heterocycles. The standard InChI is InChI=1S/C24H30O2.2C2H6.3HI.V/c1-23(2,19-13-15-9-5-7-11-17(15)21(19)25)24(3,4)20-14-16-10-6-8-12-18(16)22(20)26;2*1-2;;;;/h5-12,19-22,25-26H,13-14H2,1-4H3;2*1-2H3;3*1H;/q;;;;;;+3/p-3. The maximum atomic E-state index is 11.1. The Balaban J connectivity index is 0.000000644. The van der Waals surface area contributed by atoms with Crippen molar-refractivity contribution in [3.63, 3.8) is 0 Å². The minimum atomic E-state index is -0.429. The summed E-state index contributed by atoms with van der Waals surface area (Å²) < 4.78 is 0. The van der Waals surface area contributed by atoms with Gasteiger partial charge in [-0.05, 0) is 57.8 Å². The summed E-state index contributed by atoms with van der Waals surface area (Å²) in [5.41, 5.74) is 4.44. The molecule has 0 saturated heterocycles. The Labute approximate surface area is 246 Å². The van der Waals surface area contributed by atoms with E-state index in [-0.39, 0.29) is 27.6 Å². The second-order valence-electron chi connectivity index (χ2n) is 9.54. The normalized spacial score (nSPS) is 22.9. The molecule has 2 N–H and O–H groups in total. The first-order chi connectivity index (χ1) is 16.0. The summed E-state index contributed by atoms with van der Waals surface area (Å²) in [7, 11) is 0. The summed E-state index contributed by atoms with van der Waals surface area (Å²) >= 11 is 7.39. The van der Waals surface area contributed by atoms with Gasteiger partial charge < -0.3 is 10.2 Å². The molecule has 0 radical (unpaired) electrons. The first-order valence-corrected chi connectivity index (χ1v) is 25.8. The van der Waals surface area contributed by atoms with Gasteiger partial charge in [-0.1, -0.05) is 104 Å². The minimum absolute atomic E-state index is 0.126. The van der Waals surface area contributed by atoms with Gasteiger partial charge in [-0.3, -0.25) is 0 Å². The molecule has 2 nitrogen and oxygen atoms in total. The number of halogens is 3. The zero-order valence-corrected chi connectivity index (χ0v) is 29.7. The molecule has 4 unspecified atom stereocenters. The maximum absolute atomic E-state index is 11.1. The Morgan fingerprint density at radius 1 is 0.647 bits per heavy atom. The van der Waals surface area contributed by atoms with Gasteiger partial charge in [-0.2, -0.15) is 0 Å². The van der Waals surface area contributed by atoms with Crippen LogP contribution >= 0.6 is 59.9 Å². The molecule has 34 heavy (non-hydrogen) atoms. The van der Waals surface area contributed by atoms with E-state index in [1.807, 2.05) is 39.8 Å². The molecule has 2 aliphatic rings. The molecule has 4 rings (SSSR count). The molecule has 0 spiro atoms. The van der Waals surface area contributed by atoms with Crippen LogP contribution in [0, 0.1) is 22.7 Å². The fraction of sp³-hybridized carbons (Fsp3) is 0.571. The van der Waals surface area contributed by atoms with E-state index >= 15 is 0 Å². The van der Waals surface area contributed by atoms with E-state index in [4.69, 9.17) is 0 Å². The molecule has 2 aromatic carbocycles. The van der Waals surface area contributed by atoms with Crippen molar-refractivity contribution >= 4 is 59.9 Å². The first kappa shape index (κ1) is 33.2. The Kier molecular flexibility index (Phi) is 14.5. The van der Waals surface area contributed by atoms with Crippen molar-refractivity contribution in [2.24, 2.45) is 22.7 Å². The molecule has 4 atom stereocenters. The number of hydrogen-bond acceptors (Lipinski definition) is 2. The SMILES string of the molecule is CC.CC.CC(C)(C1Cc2ccccc2C1O)C(C)(C)C1Cc2ccccc2C1O.[I][V]([I])[I]. The molecule has 6 heteroatoms. The van der Waals surface area contributed by atoms with Gasteiger partial charge in [0.2, 0.25) is 0 Å². The zero-order chi connectivity index (χ0) is 26.3. The molecule has 192 valence electrons. The van der Waals surface area contributed by atoms with Crippen LogP contribution in [0.25, 0.3) is 0 Å². The van der Waals surface area contributed by atoms with Crippen molar-refractivity contribution in [1.82, 2.24) is 0 Å². The van der Waals surface area contributed by atoms with E-state index in [9.17, 15) is 10.2 Å². The fourth-order valence-electron chi connectivity index (χ4n) is 5.40. The molecule has 0 heterocycles. The third-order valence-corrected chi connectivity index (χ3v) is 7.90. The van der Waals surface area contributed by atoms with Crippen molar-refractivity contribution in [2.75, 3.05) is 0 Å². The molecule has 0 saturated carbocycles. The van der Waals surface area contributed by atoms with Gasteiger partial charge in [0.15, 0.2) is 0 Å². The predicted octanol–water partition coefficient (Wildman–Crippen LogP) is 9.56. The Morgan fingerprint density at radius 2 is 0.912 bits per heavy atom. The van der Waals surface area contributed by atoms with Crippen LogP contribution in [0.4, 0.5) is 0 Å². The average molecular weight is 842 g/mol. The fourth-order valence-corrected chi connectivity index (χ4v) is 5.40. The van der Waals surface area contributed by atoms with Gasteiger partial charge in [-0.25, -0.2) is 0 Å². The van der Waals surface area contributed by atoms with Gasteiger partial charge in [0.25, 0.3) is 0 Å². The molecule has 0 amide bonds. The Bertz CT molecular complexity index is 813. The summed E-state index contributed by atoms with van der Waals surface area (Å²) in [4.78, 5) is -0.278. The van der Waals surface area contributed by atoms with Crippen molar-refractivity contribution in [2.45, 2.75) is 80.4 Å². The van der Waals surface area contributed by atoms with Crippen molar-refractivity contribution in [1.29, 1.82) is 0 Å². The third kappa shape index (κ3) is 7.37. The van der Waals surface area contributed by atoms with E-state index in [2.05, 4.69) is 124 Å². The van der Waals surface area contributed by atoms with Crippen LogP contribution in [0.15, 0.2) is 48.5 Å². The quantitative estimate of drug-likeness (QED) is 0.303. The number of fused-ring (bicyclic) bond motifs is 2. The van der Waals surface area contributed by atoms with Crippen LogP contribution < -0.4 is 0 Å². The Hall–Kier alpha value is 1.13. The van der Waals surface area contributed by atoms with Crippen LogP contribution in [-0.2, 0) is 17.8 Å². The molecule has 0 aliphatic heterocycles. The number of aliphatic hydroxyl groups excluding tert-OH is 2. The number of hydrogen-bond donors (Lipinski definition) is 2. The second-order valence-corrected chi connectivity index (χ2v) is 44.9. The summed E-state index contributed by atoms with van der Waals surface area (Å²) in [5, 5.41) is 22.1. The summed E-state index contributed by atoms with van der Waals surface area (Å²) in [6.07, 6.45) is 0.954. The van der Waals surface area contributed by atoms with E-state index in [0.29, 0.717) is 0 Å². The number of aliphatic hydroxyl groups is 2. The van der Waals surface area contributed by atoms with E-state index in [0.717, 1.165) is 24.0 Å². The van der Waals surface area contributed by atoms with E-state index in [1.165, 1.54) is 11.1 Å². The molecular weight excluding hydrogens is 800 g/mol. The molecule has 2 aromatic rings. The van der Waals surface area contributed by atoms with Crippen LogP contribution in [0.1, 0.15) is 89.9 Å². The van der Waals surface area contributed by atoms with Crippen LogP contribution in [0.3, 0.4) is 0 Å². The first-order valence-electron chi connectivity index (χ1n) is 12.3. The molecule has 0 bridgehead atoms. The van der Waals surface area contributed by atoms with Gasteiger partial charge in [0, 0.05) is 0 Å². The van der Waals surface area contributed by atoms with Gasteiger partial charge >= 0.3 is 64.9 Å². The van der Waals surface area contributed by atoms with Gasteiger partial charge in [-0.15, -0.1) is 0 Å². The molecular formula is C28H42I3O2V. The third-order valence-electron chi connectivity index (χ3n) is 7.90. The van der Waals surface area contributed by atoms with Crippen LogP contribution in [0.5, 0.6) is 0 Å². The van der Waals surface area contributed by atoms with Crippen molar-refractivity contribution in [3.8, 4) is 0 Å². The van der Waals surface area contributed by atoms with Crippen molar-refractivity contribution in [3.05, 3.63) is 70.8 Å². The van der Waals surface area contributed by atoms with Gasteiger partial charge in [0.05, 0.1) is 12.2 Å². The molecule has 0 fully saturated rings. The Morgan fingerprint density at radius 3 is 1.18 bits per heavy atom. The summed E-state index contributed by atoms with van der Waals surface area (Å²) in [5.74, 6) is 0.316. The second kappa shape index (κ2) is 14.9. The zero-order valence-electron chi connectivity index (χ0n) is 21.8. The van der Waals surface area contributed by atoms with E-state index < -0.39 is 12.2 Å². The monoisotopic (exact) mass is 842 g/mol. The molecule has 2 aliphatic carbocycles. The number of rotatable bonds is 3. The van der Waals surface area contributed by atoms with E-state index in [1.54, 1.807) is 0 Å². The summed E-state index contributed by atoms with van der Waals surface area (Å²) in [6, 6.07) is 16.5. The van der Waals surface area contributed by atoms with Crippen LogP contribution in [0.2, 0.25) is 0 Å². The predicted molar refractivity (Wildman–Crippen MR) is 170 cm³/mol. The van der Waals surface area contributed by atoms with Crippen molar-refractivity contribution < 1.29 is 15.1 Å². The number of benzene rings is 2. The average Bonchev–Trinajstić information content (AvgIpc) is 3.34. The van der Waals surface area contributed by atoms with Crippen LogP contribution in [-0.4, -0.2) is 10.2 Å². The summed E-state index contributed by atoms with van der Waals surface area (Å²) in [6.45, 7) is 17.1. The topological polar surface area (TPSA) is 40.5 Å². The van der Waals surface area contributed by atoms with Gasteiger partial charge in [0.1, 0.15) is 0 Å².